The van der Waals surface area contributed by atoms with E-state index in [2.05, 4.69) is 35.3 Å². The number of hydrogen-bond donors (Lipinski definition) is 0. The number of hydrogen-bond acceptors (Lipinski definition) is 4. The van der Waals surface area contributed by atoms with Crippen LogP contribution in [0.4, 0.5) is 8.78 Å². The van der Waals surface area contributed by atoms with Crippen LogP contribution in [0.5, 0.6) is 5.75 Å². The third kappa shape index (κ3) is 4.22. The normalized spacial score (nSPS) is 12.2. The summed E-state index contributed by atoms with van der Waals surface area (Å²) in [6, 6.07) is 11.5. The van der Waals surface area contributed by atoms with Gasteiger partial charge in [-0.25, -0.2) is 8.78 Å². The highest BCUT2D eigenvalue weighted by Gasteiger charge is 2.19. The summed E-state index contributed by atoms with van der Waals surface area (Å²) in [5.74, 6) is -0.0597. The monoisotopic (exact) mass is 375 g/mol. The van der Waals surface area contributed by atoms with Crippen LogP contribution in [0.2, 0.25) is 0 Å². The molecular formula is C19H19F2N3OS. The van der Waals surface area contributed by atoms with Crippen molar-refractivity contribution in [3.8, 4) is 5.75 Å². The molecule has 0 aliphatic heterocycles. The Hall–Kier alpha value is -2.41. The van der Waals surface area contributed by atoms with E-state index in [0.717, 1.165) is 23.0 Å². The molecule has 0 N–H and O–H groups in total. The molecule has 0 radical (unpaired) electrons. The van der Waals surface area contributed by atoms with E-state index < -0.39 is 17.7 Å². The number of halogens is 2. The van der Waals surface area contributed by atoms with Crippen molar-refractivity contribution in [1.29, 1.82) is 0 Å². The third-order valence-electron chi connectivity index (χ3n) is 3.88. The highest BCUT2D eigenvalue weighted by molar-refractivity contribution is 7.98. The van der Waals surface area contributed by atoms with Gasteiger partial charge in [0.05, 0.1) is 0 Å². The topological polar surface area (TPSA) is 39.9 Å². The number of rotatable bonds is 6. The molecule has 0 aliphatic rings. The first-order valence-electron chi connectivity index (χ1n) is 8.13. The van der Waals surface area contributed by atoms with Gasteiger partial charge in [-0.05, 0) is 31.5 Å². The Kier molecular flexibility index (Phi) is 5.56. The molecule has 0 saturated carbocycles. The van der Waals surface area contributed by atoms with E-state index >= 15 is 0 Å². The average molecular weight is 375 g/mol. The maximum absolute atomic E-state index is 13.8. The Bertz CT molecular complexity index is 914. The quantitative estimate of drug-likeness (QED) is 0.579. The summed E-state index contributed by atoms with van der Waals surface area (Å²) in [6.45, 7) is 3.81. The molecule has 136 valence electrons. The van der Waals surface area contributed by atoms with Crippen molar-refractivity contribution >= 4 is 11.8 Å². The largest absolute Gasteiger partial charge is 0.480 e. The molecule has 0 spiro atoms. The Labute approximate surface area is 155 Å². The second-order valence-corrected chi connectivity index (χ2v) is 6.95. The van der Waals surface area contributed by atoms with Gasteiger partial charge in [0.1, 0.15) is 5.82 Å². The lowest BCUT2D eigenvalue weighted by atomic mass is 10.2. The number of ether oxygens (including phenoxy) is 1. The molecule has 1 heterocycles. The summed E-state index contributed by atoms with van der Waals surface area (Å²) >= 11 is 1.57. The van der Waals surface area contributed by atoms with Crippen LogP contribution in [0.25, 0.3) is 0 Å². The second-order valence-electron chi connectivity index (χ2n) is 6.01. The molecule has 0 saturated heterocycles. The molecule has 2 aromatic carbocycles. The average Bonchev–Trinajstić information content (AvgIpc) is 2.96. The smallest absolute Gasteiger partial charge is 0.191 e. The van der Waals surface area contributed by atoms with Crippen LogP contribution in [-0.2, 0) is 12.8 Å². The molecule has 3 aromatic rings. The highest BCUT2D eigenvalue weighted by Crippen LogP contribution is 2.27. The van der Waals surface area contributed by atoms with E-state index in [4.69, 9.17) is 4.74 Å². The second kappa shape index (κ2) is 7.86. The van der Waals surface area contributed by atoms with Crippen LogP contribution in [0.1, 0.15) is 30.0 Å². The number of thioether (sulfide) groups is 1. The van der Waals surface area contributed by atoms with Crippen molar-refractivity contribution in [2.24, 2.45) is 7.05 Å². The maximum atomic E-state index is 13.8. The van der Waals surface area contributed by atoms with E-state index in [1.54, 1.807) is 18.7 Å². The Morgan fingerprint density at radius 3 is 2.69 bits per heavy atom. The van der Waals surface area contributed by atoms with Crippen molar-refractivity contribution in [2.45, 2.75) is 30.9 Å². The standard InChI is InChI=1S/C19H19F2N3OS/c1-12-5-4-6-14(9-12)11-26-19-23-22-18(24(19)3)13(2)25-17-8-7-15(20)10-16(17)21/h4-10,13H,11H2,1-3H3. The van der Waals surface area contributed by atoms with E-state index in [1.165, 1.54) is 17.2 Å². The molecule has 1 unspecified atom stereocenters. The molecule has 7 heteroatoms. The van der Waals surface area contributed by atoms with E-state index in [-0.39, 0.29) is 5.75 Å². The van der Waals surface area contributed by atoms with Crippen molar-refractivity contribution in [1.82, 2.24) is 14.8 Å². The van der Waals surface area contributed by atoms with Crippen molar-refractivity contribution in [2.75, 3.05) is 0 Å². The third-order valence-corrected chi connectivity index (χ3v) is 4.97. The van der Waals surface area contributed by atoms with Gasteiger partial charge in [-0.1, -0.05) is 41.6 Å². The molecule has 0 amide bonds. The summed E-state index contributed by atoms with van der Waals surface area (Å²) in [5.41, 5.74) is 2.42. The van der Waals surface area contributed by atoms with E-state index in [0.29, 0.717) is 5.82 Å². The van der Waals surface area contributed by atoms with Gasteiger partial charge in [-0.15, -0.1) is 10.2 Å². The lowest BCUT2D eigenvalue weighted by Crippen LogP contribution is -2.10. The molecule has 0 aliphatic carbocycles. The van der Waals surface area contributed by atoms with E-state index in [9.17, 15) is 8.78 Å². The summed E-state index contributed by atoms with van der Waals surface area (Å²) in [6.07, 6.45) is -0.527. The van der Waals surface area contributed by atoms with Crippen LogP contribution in [-0.4, -0.2) is 14.8 Å². The first-order valence-corrected chi connectivity index (χ1v) is 9.12. The Morgan fingerprint density at radius 1 is 1.15 bits per heavy atom. The Morgan fingerprint density at radius 2 is 1.96 bits per heavy atom. The molecular weight excluding hydrogens is 356 g/mol. The molecule has 4 nitrogen and oxygen atoms in total. The minimum atomic E-state index is -0.743. The zero-order valence-corrected chi connectivity index (χ0v) is 15.6. The predicted molar refractivity (Wildman–Crippen MR) is 97.1 cm³/mol. The first kappa shape index (κ1) is 18.4. The van der Waals surface area contributed by atoms with Crippen LogP contribution in [0.3, 0.4) is 0 Å². The summed E-state index contributed by atoms with van der Waals surface area (Å²) < 4.78 is 34.2. The van der Waals surface area contributed by atoms with Crippen molar-refractivity contribution in [3.05, 3.63) is 71.1 Å². The maximum Gasteiger partial charge on any atom is 0.191 e. The van der Waals surface area contributed by atoms with E-state index in [1.807, 2.05) is 17.7 Å². The summed E-state index contributed by atoms with van der Waals surface area (Å²) in [4.78, 5) is 0. The van der Waals surface area contributed by atoms with Gasteiger partial charge in [0.2, 0.25) is 0 Å². The van der Waals surface area contributed by atoms with Crippen LogP contribution < -0.4 is 4.74 Å². The Balaban J connectivity index is 1.69. The van der Waals surface area contributed by atoms with Gasteiger partial charge in [0.25, 0.3) is 0 Å². The summed E-state index contributed by atoms with van der Waals surface area (Å²) in [5, 5.41) is 9.10. The van der Waals surface area contributed by atoms with Gasteiger partial charge in [0.15, 0.2) is 28.7 Å². The fourth-order valence-electron chi connectivity index (χ4n) is 2.57. The number of nitrogens with zero attached hydrogens (tertiary/aromatic N) is 3. The molecule has 0 bridgehead atoms. The molecule has 3 rings (SSSR count). The zero-order valence-electron chi connectivity index (χ0n) is 14.7. The molecule has 0 fully saturated rings. The lowest BCUT2D eigenvalue weighted by molar-refractivity contribution is 0.201. The predicted octanol–water partition coefficient (Wildman–Crippen LogP) is 4.83. The van der Waals surface area contributed by atoms with Gasteiger partial charge in [-0.2, -0.15) is 0 Å². The minimum absolute atomic E-state index is 0.0177. The van der Waals surface area contributed by atoms with Gasteiger partial charge >= 0.3 is 0 Å². The minimum Gasteiger partial charge on any atom is -0.480 e. The highest BCUT2D eigenvalue weighted by atomic mass is 32.2. The van der Waals surface area contributed by atoms with Crippen LogP contribution in [0, 0.1) is 18.6 Å². The fraction of sp³-hybridized carbons (Fsp3) is 0.263. The van der Waals surface area contributed by atoms with Crippen LogP contribution >= 0.6 is 11.8 Å². The van der Waals surface area contributed by atoms with Crippen LogP contribution in [0.15, 0.2) is 47.6 Å². The number of benzene rings is 2. The SMILES string of the molecule is Cc1cccc(CSc2nnc(C(C)Oc3ccc(F)cc3F)n2C)c1. The molecule has 26 heavy (non-hydrogen) atoms. The molecule has 1 atom stereocenters. The number of aromatic nitrogens is 3. The molecule has 1 aromatic heterocycles. The van der Waals surface area contributed by atoms with Crippen molar-refractivity contribution < 1.29 is 13.5 Å². The van der Waals surface area contributed by atoms with Gasteiger partial charge in [0, 0.05) is 18.9 Å². The van der Waals surface area contributed by atoms with Crippen molar-refractivity contribution in [3.63, 3.8) is 0 Å². The first-order chi connectivity index (χ1) is 12.4. The van der Waals surface area contributed by atoms with Gasteiger partial charge in [-0.3, -0.25) is 0 Å². The lowest BCUT2D eigenvalue weighted by Gasteiger charge is -2.14. The summed E-state index contributed by atoms with van der Waals surface area (Å²) in [7, 11) is 1.84. The number of aryl methyl sites for hydroxylation is 1. The van der Waals surface area contributed by atoms with Gasteiger partial charge < -0.3 is 9.30 Å². The zero-order chi connectivity index (χ0) is 18.7. The fourth-order valence-corrected chi connectivity index (χ4v) is 3.43.